The van der Waals surface area contributed by atoms with E-state index in [2.05, 4.69) is 36.5 Å². The Bertz CT molecular complexity index is 335. The van der Waals surface area contributed by atoms with Crippen LogP contribution in [0.15, 0.2) is 39.7 Å². The molecule has 0 saturated heterocycles. The first-order chi connectivity index (χ1) is 7.76. The number of halogens is 2. The molecule has 1 N–H and O–H groups in total. The minimum atomic E-state index is 0.670. The van der Waals surface area contributed by atoms with E-state index in [1.165, 1.54) is 16.0 Å². The smallest absolute Gasteiger partial charge is 0.0396 e. The second-order valence-corrected chi connectivity index (χ2v) is 5.02. The van der Waals surface area contributed by atoms with Crippen molar-refractivity contribution in [2.24, 2.45) is 0 Å². The van der Waals surface area contributed by atoms with E-state index in [1.807, 2.05) is 0 Å². The maximum atomic E-state index is 5.81. The van der Waals surface area contributed by atoms with Crippen LogP contribution in [-0.4, -0.2) is 12.3 Å². The van der Waals surface area contributed by atoms with Gasteiger partial charge in [-0.25, -0.2) is 0 Å². The van der Waals surface area contributed by atoms with Crippen molar-refractivity contribution in [3.05, 3.63) is 40.4 Å². The first kappa shape index (κ1) is 13.9. The van der Waals surface area contributed by atoms with Crippen LogP contribution in [0.25, 0.3) is 0 Å². The Morgan fingerprint density at radius 1 is 1.38 bits per heavy atom. The third-order valence-electron chi connectivity index (χ3n) is 2.00. The van der Waals surface area contributed by atoms with Gasteiger partial charge in [0.25, 0.3) is 0 Å². The number of rotatable bonds is 6. The average Bonchev–Trinajstić information content (AvgIpc) is 2.34. The summed E-state index contributed by atoms with van der Waals surface area (Å²) >= 11 is 13.0. The molecule has 0 fully saturated rings. The molecular formula is C12H15Cl2NS. The van der Waals surface area contributed by atoms with Gasteiger partial charge in [0.1, 0.15) is 0 Å². The van der Waals surface area contributed by atoms with Gasteiger partial charge in [0.2, 0.25) is 0 Å². The van der Waals surface area contributed by atoms with Crippen LogP contribution in [0.2, 0.25) is 0 Å². The Balaban J connectivity index is 2.45. The fourth-order valence-electron chi connectivity index (χ4n) is 1.16. The molecule has 0 unspecified atom stereocenters. The summed E-state index contributed by atoms with van der Waals surface area (Å²) in [5.74, 6) is 0.720. The lowest BCUT2D eigenvalue weighted by Gasteiger charge is -2.04. The predicted octanol–water partition coefficient (Wildman–Crippen LogP) is 4.21. The van der Waals surface area contributed by atoms with Crippen molar-refractivity contribution >= 4 is 35.0 Å². The zero-order valence-electron chi connectivity index (χ0n) is 9.17. The highest BCUT2D eigenvalue weighted by atomic mass is 35.5. The van der Waals surface area contributed by atoms with Gasteiger partial charge in [-0.1, -0.05) is 42.3 Å². The molecule has 0 aromatic heterocycles. The molecule has 4 heteroatoms. The predicted molar refractivity (Wildman–Crippen MR) is 74.3 cm³/mol. The Hall–Kier alpha value is -0.150. The maximum Gasteiger partial charge on any atom is 0.0396 e. The van der Waals surface area contributed by atoms with Gasteiger partial charge in [-0.15, -0.1) is 11.8 Å². The fourth-order valence-corrected chi connectivity index (χ4v) is 2.21. The minimum Gasteiger partial charge on any atom is -0.313 e. The molecular weight excluding hydrogens is 261 g/mol. The highest BCUT2D eigenvalue weighted by Gasteiger charge is 1.97. The Kier molecular flexibility index (Phi) is 6.97. The van der Waals surface area contributed by atoms with Gasteiger partial charge in [-0.3, -0.25) is 0 Å². The largest absolute Gasteiger partial charge is 0.313 e. The third kappa shape index (κ3) is 5.26. The van der Waals surface area contributed by atoms with Gasteiger partial charge >= 0.3 is 0 Å². The quantitative estimate of drug-likeness (QED) is 0.781. The van der Waals surface area contributed by atoms with Crippen LogP contribution in [0, 0.1) is 0 Å². The van der Waals surface area contributed by atoms with Crippen LogP contribution in [0.5, 0.6) is 0 Å². The maximum absolute atomic E-state index is 5.81. The van der Waals surface area contributed by atoms with E-state index in [1.54, 1.807) is 11.8 Å². The second kappa shape index (κ2) is 8.02. The Labute approximate surface area is 111 Å². The number of thioether (sulfide) groups is 1. The molecule has 0 aliphatic carbocycles. The molecule has 88 valence electrons. The van der Waals surface area contributed by atoms with Crippen LogP contribution in [-0.2, 0) is 6.54 Å². The highest BCUT2D eigenvalue weighted by molar-refractivity contribution is 7.99. The zero-order chi connectivity index (χ0) is 11.8. The molecule has 1 aromatic carbocycles. The van der Waals surface area contributed by atoms with Gasteiger partial charge in [0.05, 0.1) is 0 Å². The molecule has 0 heterocycles. The molecule has 0 aliphatic rings. The van der Waals surface area contributed by atoms with Gasteiger partial charge in [-0.05, 0) is 24.2 Å². The van der Waals surface area contributed by atoms with Crippen molar-refractivity contribution < 1.29 is 0 Å². The van der Waals surface area contributed by atoms with Gasteiger partial charge in [-0.2, -0.15) is 0 Å². The van der Waals surface area contributed by atoms with Crippen LogP contribution < -0.4 is 5.32 Å². The van der Waals surface area contributed by atoms with Crippen LogP contribution in [0.1, 0.15) is 12.5 Å². The first-order valence-corrected chi connectivity index (χ1v) is 6.93. The molecule has 0 aliphatic heterocycles. The molecule has 0 saturated carbocycles. The molecule has 1 aromatic rings. The number of nitrogens with one attached hydrogen (secondary N) is 1. The normalized spacial score (nSPS) is 11.8. The summed E-state index contributed by atoms with van der Waals surface area (Å²) in [5.41, 5.74) is 2.71. The molecule has 0 bridgehead atoms. The van der Waals surface area contributed by atoms with Crippen LogP contribution in [0.4, 0.5) is 0 Å². The van der Waals surface area contributed by atoms with E-state index >= 15 is 0 Å². The number of hydrogen-bond donors (Lipinski definition) is 1. The van der Waals surface area contributed by atoms with E-state index in [0.717, 1.165) is 18.8 Å². The SMILES string of the molecule is CCNCc1ccc(SC/C(Cl)=C/Cl)cc1. The van der Waals surface area contributed by atoms with E-state index in [4.69, 9.17) is 23.2 Å². The molecule has 0 amide bonds. The number of hydrogen-bond acceptors (Lipinski definition) is 2. The molecule has 1 rings (SSSR count). The van der Waals surface area contributed by atoms with Crippen LogP contribution in [0.3, 0.4) is 0 Å². The topological polar surface area (TPSA) is 12.0 Å². The summed E-state index contributed by atoms with van der Waals surface area (Å²) in [4.78, 5) is 1.21. The zero-order valence-corrected chi connectivity index (χ0v) is 11.5. The lowest BCUT2D eigenvalue weighted by Crippen LogP contribution is -2.11. The molecule has 0 radical (unpaired) electrons. The number of benzene rings is 1. The summed E-state index contributed by atoms with van der Waals surface area (Å²) in [7, 11) is 0. The molecule has 0 spiro atoms. The standard InChI is InChI=1S/C12H15Cl2NS/c1-2-15-8-10-3-5-12(6-4-10)16-9-11(14)7-13/h3-7,15H,2,8-9H2,1H3/b11-7-. The average molecular weight is 276 g/mol. The fraction of sp³-hybridized carbons (Fsp3) is 0.333. The summed E-state index contributed by atoms with van der Waals surface area (Å²) in [6, 6.07) is 8.47. The van der Waals surface area contributed by atoms with Gasteiger partial charge in [0, 0.05) is 27.8 Å². The highest BCUT2D eigenvalue weighted by Crippen LogP contribution is 2.22. The lowest BCUT2D eigenvalue weighted by molar-refractivity contribution is 0.726. The summed E-state index contributed by atoms with van der Waals surface area (Å²) in [6.45, 7) is 4.02. The van der Waals surface area contributed by atoms with Crippen molar-refractivity contribution in [1.82, 2.24) is 5.32 Å². The Morgan fingerprint density at radius 2 is 2.06 bits per heavy atom. The molecule has 0 atom stereocenters. The van der Waals surface area contributed by atoms with Gasteiger partial charge in [0.15, 0.2) is 0 Å². The van der Waals surface area contributed by atoms with E-state index in [0.29, 0.717) is 5.03 Å². The minimum absolute atomic E-state index is 0.670. The van der Waals surface area contributed by atoms with Crippen molar-refractivity contribution in [1.29, 1.82) is 0 Å². The van der Waals surface area contributed by atoms with Crippen molar-refractivity contribution in [2.75, 3.05) is 12.3 Å². The van der Waals surface area contributed by atoms with Crippen molar-refractivity contribution in [3.63, 3.8) is 0 Å². The van der Waals surface area contributed by atoms with E-state index in [-0.39, 0.29) is 0 Å². The Morgan fingerprint density at radius 3 is 2.62 bits per heavy atom. The van der Waals surface area contributed by atoms with E-state index < -0.39 is 0 Å². The molecule has 1 nitrogen and oxygen atoms in total. The molecule has 16 heavy (non-hydrogen) atoms. The van der Waals surface area contributed by atoms with Crippen molar-refractivity contribution in [3.8, 4) is 0 Å². The summed E-state index contributed by atoms with van der Waals surface area (Å²) in [6.07, 6.45) is 0. The monoisotopic (exact) mass is 275 g/mol. The van der Waals surface area contributed by atoms with Gasteiger partial charge < -0.3 is 5.32 Å². The third-order valence-corrected chi connectivity index (χ3v) is 3.83. The lowest BCUT2D eigenvalue weighted by atomic mass is 10.2. The van der Waals surface area contributed by atoms with E-state index in [9.17, 15) is 0 Å². The first-order valence-electron chi connectivity index (χ1n) is 5.13. The van der Waals surface area contributed by atoms with Crippen LogP contribution >= 0.6 is 35.0 Å². The second-order valence-electron chi connectivity index (χ2n) is 3.27. The van der Waals surface area contributed by atoms with Crippen molar-refractivity contribution in [2.45, 2.75) is 18.4 Å². The summed E-state index contributed by atoms with van der Waals surface area (Å²) in [5, 5.41) is 3.96. The summed E-state index contributed by atoms with van der Waals surface area (Å²) < 4.78 is 0.